The highest BCUT2D eigenvalue weighted by molar-refractivity contribution is 8.00. The molecule has 3 aromatic rings. The molecule has 1 N–H and O–H groups in total. The number of amides is 1. The van der Waals surface area contributed by atoms with Gasteiger partial charge in [-0.2, -0.15) is 0 Å². The van der Waals surface area contributed by atoms with Crippen molar-refractivity contribution in [2.24, 2.45) is 0 Å². The zero-order valence-corrected chi connectivity index (χ0v) is 17.7. The van der Waals surface area contributed by atoms with Crippen molar-refractivity contribution in [2.45, 2.75) is 30.4 Å². The molecule has 7 heteroatoms. The van der Waals surface area contributed by atoms with Crippen LogP contribution in [0.4, 0.5) is 0 Å². The SMILES string of the molecule is C=CCn1c(SC(C)C(=O)NCc2ccc(OC)c(OC)c2)nc2ccccc21. The van der Waals surface area contributed by atoms with Gasteiger partial charge in [-0.3, -0.25) is 4.79 Å². The van der Waals surface area contributed by atoms with Crippen LogP contribution in [0.3, 0.4) is 0 Å². The Morgan fingerprint density at radius 2 is 2.00 bits per heavy atom. The number of aromatic nitrogens is 2. The van der Waals surface area contributed by atoms with Gasteiger partial charge in [-0.15, -0.1) is 6.58 Å². The second-order valence-corrected chi connectivity index (χ2v) is 7.76. The van der Waals surface area contributed by atoms with Crippen LogP contribution in [-0.2, 0) is 17.9 Å². The molecule has 152 valence electrons. The van der Waals surface area contributed by atoms with Crippen LogP contribution in [0.2, 0.25) is 0 Å². The molecule has 0 fully saturated rings. The van der Waals surface area contributed by atoms with E-state index in [1.165, 1.54) is 11.8 Å². The molecule has 1 heterocycles. The number of benzene rings is 2. The lowest BCUT2D eigenvalue weighted by Crippen LogP contribution is -2.30. The summed E-state index contributed by atoms with van der Waals surface area (Å²) in [6, 6.07) is 13.5. The van der Waals surface area contributed by atoms with E-state index in [9.17, 15) is 4.79 Å². The molecule has 1 unspecified atom stereocenters. The zero-order valence-electron chi connectivity index (χ0n) is 16.8. The Labute approximate surface area is 174 Å². The van der Waals surface area contributed by atoms with Gasteiger partial charge in [0.25, 0.3) is 0 Å². The minimum Gasteiger partial charge on any atom is -0.493 e. The summed E-state index contributed by atoms with van der Waals surface area (Å²) >= 11 is 1.44. The van der Waals surface area contributed by atoms with Crippen LogP contribution in [-0.4, -0.2) is 34.9 Å². The molecule has 0 saturated heterocycles. The molecule has 0 spiro atoms. The van der Waals surface area contributed by atoms with E-state index in [1.807, 2.05) is 55.5 Å². The largest absolute Gasteiger partial charge is 0.493 e. The fourth-order valence-electron chi connectivity index (χ4n) is 2.98. The predicted molar refractivity (Wildman–Crippen MR) is 117 cm³/mol. The molecule has 0 radical (unpaired) electrons. The molecule has 1 atom stereocenters. The number of imidazole rings is 1. The van der Waals surface area contributed by atoms with Crippen molar-refractivity contribution in [3.05, 3.63) is 60.7 Å². The average Bonchev–Trinajstić information content (AvgIpc) is 3.09. The number of hydrogen-bond donors (Lipinski definition) is 1. The van der Waals surface area contributed by atoms with Crippen molar-refractivity contribution in [1.29, 1.82) is 0 Å². The Kier molecular flexibility index (Phi) is 6.82. The number of thioether (sulfide) groups is 1. The molecule has 3 rings (SSSR count). The normalized spacial score (nSPS) is 11.8. The lowest BCUT2D eigenvalue weighted by atomic mass is 10.2. The smallest absolute Gasteiger partial charge is 0.233 e. The molecular formula is C22H25N3O3S. The summed E-state index contributed by atoms with van der Waals surface area (Å²) in [5.74, 6) is 1.24. The van der Waals surface area contributed by atoms with Gasteiger partial charge in [0.2, 0.25) is 5.91 Å². The third kappa shape index (κ3) is 4.74. The number of carbonyl (C=O) groups is 1. The van der Waals surface area contributed by atoms with Crippen molar-refractivity contribution in [3.63, 3.8) is 0 Å². The quantitative estimate of drug-likeness (QED) is 0.425. The van der Waals surface area contributed by atoms with Gasteiger partial charge in [-0.1, -0.05) is 36.0 Å². The van der Waals surface area contributed by atoms with Crippen LogP contribution < -0.4 is 14.8 Å². The number of ether oxygens (including phenoxy) is 2. The third-order valence-corrected chi connectivity index (χ3v) is 5.59. The maximum Gasteiger partial charge on any atom is 0.233 e. The predicted octanol–water partition coefficient (Wildman–Crippen LogP) is 4.04. The van der Waals surface area contributed by atoms with Crippen LogP contribution in [0.1, 0.15) is 12.5 Å². The van der Waals surface area contributed by atoms with Crippen molar-refractivity contribution < 1.29 is 14.3 Å². The van der Waals surface area contributed by atoms with Gasteiger partial charge < -0.3 is 19.4 Å². The molecule has 1 aromatic heterocycles. The minimum atomic E-state index is -0.296. The summed E-state index contributed by atoms with van der Waals surface area (Å²) in [5.41, 5.74) is 2.88. The topological polar surface area (TPSA) is 65.4 Å². The number of hydrogen-bond acceptors (Lipinski definition) is 5. The van der Waals surface area contributed by atoms with Crippen LogP contribution in [0.25, 0.3) is 11.0 Å². The third-order valence-electron chi connectivity index (χ3n) is 4.50. The number of nitrogens with zero attached hydrogens (tertiary/aromatic N) is 2. The monoisotopic (exact) mass is 411 g/mol. The highest BCUT2D eigenvalue weighted by Crippen LogP contribution is 2.29. The molecule has 6 nitrogen and oxygen atoms in total. The lowest BCUT2D eigenvalue weighted by Gasteiger charge is -2.14. The van der Waals surface area contributed by atoms with E-state index in [2.05, 4.69) is 21.4 Å². The fourth-order valence-corrected chi connectivity index (χ4v) is 3.94. The fraction of sp³-hybridized carbons (Fsp3) is 0.273. The maximum atomic E-state index is 12.6. The summed E-state index contributed by atoms with van der Waals surface area (Å²) in [5, 5.41) is 3.49. The van der Waals surface area contributed by atoms with Crippen LogP contribution in [0, 0.1) is 0 Å². The first-order valence-electron chi connectivity index (χ1n) is 9.28. The van der Waals surface area contributed by atoms with Gasteiger partial charge in [0.05, 0.1) is 30.5 Å². The number of fused-ring (bicyclic) bond motifs is 1. The number of carbonyl (C=O) groups excluding carboxylic acids is 1. The molecule has 0 aliphatic heterocycles. The summed E-state index contributed by atoms with van der Waals surface area (Å²) in [6.45, 7) is 6.76. The van der Waals surface area contributed by atoms with Gasteiger partial charge >= 0.3 is 0 Å². The first-order chi connectivity index (χ1) is 14.1. The van der Waals surface area contributed by atoms with E-state index in [0.717, 1.165) is 21.8 Å². The highest BCUT2D eigenvalue weighted by Gasteiger charge is 2.19. The average molecular weight is 412 g/mol. The van der Waals surface area contributed by atoms with E-state index in [-0.39, 0.29) is 11.2 Å². The first kappa shape index (κ1) is 20.8. The van der Waals surface area contributed by atoms with Gasteiger partial charge in [0.1, 0.15) is 0 Å². The molecule has 0 saturated carbocycles. The molecular weight excluding hydrogens is 386 g/mol. The summed E-state index contributed by atoms with van der Waals surface area (Å²) in [7, 11) is 3.19. The lowest BCUT2D eigenvalue weighted by molar-refractivity contribution is -0.120. The van der Waals surface area contributed by atoms with Crippen molar-refractivity contribution in [3.8, 4) is 11.5 Å². The molecule has 1 amide bonds. The van der Waals surface area contributed by atoms with Crippen LogP contribution in [0.5, 0.6) is 11.5 Å². The molecule has 2 aromatic carbocycles. The second kappa shape index (κ2) is 9.52. The Bertz CT molecular complexity index is 1020. The van der Waals surface area contributed by atoms with E-state index in [4.69, 9.17) is 9.47 Å². The van der Waals surface area contributed by atoms with E-state index in [1.54, 1.807) is 14.2 Å². The van der Waals surface area contributed by atoms with E-state index in [0.29, 0.717) is 24.6 Å². The summed E-state index contributed by atoms with van der Waals surface area (Å²) in [4.78, 5) is 17.3. The van der Waals surface area contributed by atoms with Crippen molar-refractivity contribution in [2.75, 3.05) is 14.2 Å². The Hall–Kier alpha value is -2.93. The number of para-hydroxylation sites is 2. The van der Waals surface area contributed by atoms with Crippen molar-refractivity contribution in [1.82, 2.24) is 14.9 Å². The zero-order chi connectivity index (χ0) is 20.8. The maximum absolute atomic E-state index is 12.6. The van der Waals surface area contributed by atoms with E-state index < -0.39 is 0 Å². The number of nitrogens with one attached hydrogen (secondary N) is 1. The van der Waals surface area contributed by atoms with Gasteiger partial charge in [0, 0.05) is 13.1 Å². The summed E-state index contributed by atoms with van der Waals surface area (Å²) in [6.07, 6.45) is 1.83. The van der Waals surface area contributed by atoms with Crippen molar-refractivity contribution >= 4 is 28.7 Å². The van der Waals surface area contributed by atoms with Crippen LogP contribution in [0.15, 0.2) is 60.3 Å². The second-order valence-electron chi connectivity index (χ2n) is 6.45. The Morgan fingerprint density at radius 1 is 1.24 bits per heavy atom. The standard InChI is InChI=1S/C22H25N3O3S/c1-5-12-25-18-9-7-6-8-17(18)24-22(25)29-15(2)21(26)23-14-16-10-11-19(27-3)20(13-16)28-4/h5-11,13,15H,1,12,14H2,2-4H3,(H,23,26). The highest BCUT2D eigenvalue weighted by atomic mass is 32.2. The molecule has 0 bridgehead atoms. The Morgan fingerprint density at radius 3 is 2.72 bits per heavy atom. The minimum absolute atomic E-state index is 0.0537. The molecule has 29 heavy (non-hydrogen) atoms. The number of allylic oxidation sites excluding steroid dienone is 1. The number of rotatable bonds is 9. The van der Waals surface area contributed by atoms with Gasteiger partial charge in [-0.05, 0) is 36.8 Å². The molecule has 0 aliphatic rings. The molecule has 0 aliphatic carbocycles. The van der Waals surface area contributed by atoms with Gasteiger partial charge in [-0.25, -0.2) is 4.98 Å². The van der Waals surface area contributed by atoms with Gasteiger partial charge in [0.15, 0.2) is 16.7 Å². The first-order valence-corrected chi connectivity index (χ1v) is 10.2. The summed E-state index contributed by atoms with van der Waals surface area (Å²) < 4.78 is 12.6. The van der Waals surface area contributed by atoms with E-state index >= 15 is 0 Å². The number of methoxy groups -OCH3 is 2. The Balaban J connectivity index is 1.67. The van der Waals surface area contributed by atoms with Crippen LogP contribution >= 0.6 is 11.8 Å².